The van der Waals surface area contributed by atoms with Crippen molar-refractivity contribution in [3.05, 3.63) is 176 Å². The van der Waals surface area contributed by atoms with Gasteiger partial charge in [-0.25, -0.2) is 0 Å². The predicted octanol–water partition coefficient (Wildman–Crippen LogP) is 8.50. The van der Waals surface area contributed by atoms with Crippen LogP contribution < -0.4 is 18.9 Å². The number of ether oxygens (including phenoxy) is 4. The molecule has 260 valence electrons. The highest BCUT2D eigenvalue weighted by molar-refractivity contribution is 5.52. The Kier molecular flexibility index (Phi) is 8.43. The summed E-state index contributed by atoms with van der Waals surface area (Å²) in [5, 5.41) is 20.8. The Labute approximate surface area is 303 Å². The molecule has 6 heteroatoms. The van der Waals surface area contributed by atoms with Gasteiger partial charge in [-0.15, -0.1) is 0 Å². The molecule has 0 saturated carbocycles. The summed E-state index contributed by atoms with van der Waals surface area (Å²) < 4.78 is 25.1. The molecule has 0 unspecified atom stereocenters. The quantitative estimate of drug-likeness (QED) is 0.166. The van der Waals surface area contributed by atoms with Crippen molar-refractivity contribution in [1.82, 2.24) is 0 Å². The number of benzene rings is 6. The molecule has 0 fully saturated rings. The molecule has 0 spiro atoms. The van der Waals surface area contributed by atoms with Crippen molar-refractivity contribution < 1.29 is 29.2 Å². The summed E-state index contributed by atoms with van der Waals surface area (Å²) in [6.45, 7) is 1.62. The number of phenolic OH excluding ortho intramolecular Hbond substituents is 2. The lowest BCUT2D eigenvalue weighted by molar-refractivity contribution is 0.217. The second-order valence-corrected chi connectivity index (χ2v) is 14.1. The maximum absolute atomic E-state index is 10.4. The molecule has 2 aliphatic carbocycles. The lowest BCUT2D eigenvalue weighted by Gasteiger charge is -2.16. The van der Waals surface area contributed by atoms with Crippen LogP contribution in [0.15, 0.2) is 109 Å². The van der Waals surface area contributed by atoms with Crippen LogP contribution in [0.3, 0.4) is 0 Å². The monoisotopic (exact) mass is 688 g/mol. The minimum absolute atomic E-state index is 0.276. The van der Waals surface area contributed by atoms with Gasteiger partial charge in [0.15, 0.2) is 0 Å². The Balaban J connectivity index is 1.08. The zero-order valence-electron chi connectivity index (χ0n) is 29.0. The molecule has 0 aromatic heterocycles. The van der Waals surface area contributed by atoms with Crippen molar-refractivity contribution in [3.63, 3.8) is 0 Å². The first kappa shape index (κ1) is 32.1. The summed E-state index contributed by atoms with van der Waals surface area (Å²) in [5.74, 6) is 3.78. The molecule has 0 saturated heterocycles. The van der Waals surface area contributed by atoms with Gasteiger partial charge in [0.25, 0.3) is 0 Å². The first-order valence-electron chi connectivity index (χ1n) is 18.1. The van der Waals surface area contributed by atoms with Gasteiger partial charge in [0.05, 0.1) is 0 Å². The van der Waals surface area contributed by atoms with Crippen LogP contribution >= 0.6 is 0 Å². The molecule has 52 heavy (non-hydrogen) atoms. The van der Waals surface area contributed by atoms with E-state index in [9.17, 15) is 10.2 Å². The average Bonchev–Trinajstić information content (AvgIpc) is 3.24. The topological polar surface area (TPSA) is 77.4 Å². The zero-order chi connectivity index (χ0) is 35.0. The van der Waals surface area contributed by atoms with Gasteiger partial charge in [-0.2, -0.15) is 0 Å². The van der Waals surface area contributed by atoms with E-state index in [0.717, 1.165) is 72.6 Å². The van der Waals surface area contributed by atoms with Crippen molar-refractivity contribution in [2.45, 2.75) is 38.5 Å². The summed E-state index contributed by atoms with van der Waals surface area (Å²) in [6.07, 6.45) is 4.47. The van der Waals surface area contributed by atoms with Crippen molar-refractivity contribution in [2.24, 2.45) is 0 Å². The SMILES string of the molecule is Oc1ccc2c(c1)Cc1ccc3cc1Cc1ccc(cc1C2)OCCOc1ccc2c(c1)Cc1ccc(cc1Cc1ccc(O)cc1C2)OCCO3. The van der Waals surface area contributed by atoms with E-state index in [1.54, 1.807) is 12.1 Å². The normalized spacial score (nSPS) is 14.9. The number of rotatable bonds is 0. The zero-order valence-corrected chi connectivity index (χ0v) is 29.0. The molecule has 12 rings (SSSR count). The van der Waals surface area contributed by atoms with E-state index in [4.69, 9.17) is 18.9 Å². The van der Waals surface area contributed by atoms with E-state index in [1.807, 2.05) is 36.4 Å². The lowest BCUT2D eigenvalue weighted by Crippen LogP contribution is -2.10. The van der Waals surface area contributed by atoms with Crippen molar-refractivity contribution in [3.8, 4) is 34.5 Å². The summed E-state index contributed by atoms with van der Waals surface area (Å²) in [6, 6.07) is 36.9. The van der Waals surface area contributed by atoms with Crippen LogP contribution in [-0.4, -0.2) is 36.6 Å². The first-order chi connectivity index (χ1) is 25.5. The van der Waals surface area contributed by atoms with E-state index >= 15 is 0 Å². The standard InChI is InChI=1S/C46H40O6/c47-41-7-1-29-19-37-25-45-11-5-33(37)21-39-27-43(9-3-31(39)17-35(29)23-41)49-14-16-52-46-12-6-34-22-40-28-44(50-13-15-51-45)10-4-32(40)18-36-24-42(48)8-2-30(36)20-38(34)26-46/h1-12,23-28,47-48H,13-22H2. The van der Waals surface area contributed by atoms with E-state index in [-0.39, 0.29) is 11.5 Å². The molecule has 6 nitrogen and oxygen atoms in total. The van der Waals surface area contributed by atoms with Gasteiger partial charge >= 0.3 is 0 Å². The summed E-state index contributed by atoms with van der Waals surface area (Å²) in [5.41, 5.74) is 14.3. The number of fused-ring (bicyclic) bond motifs is 2. The van der Waals surface area contributed by atoms with Gasteiger partial charge in [0.1, 0.15) is 60.9 Å². The van der Waals surface area contributed by atoms with Crippen LogP contribution in [-0.2, 0) is 38.5 Å². The minimum Gasteiger partial charge on any atom is -0.508 e. The van der Waals surface area contributed by atoms with Crippen molar-refractivity contribution >= 4 is 0 Å². The van der Waals surface area contributed by atoms with E-state index < -0.39 is 0 Å². The summed E-state index contributed by atoms with van der Waals surface area (Å²) in [7, 11) is 0. The molecular formula is C46H40O6. The molecule has 6 aromatic carbocycles. The summed E-state index contributed by atoms with van der Waals surface area (Å²) in [4.78, 5) is 0. The molecule has 4 heterocycles. The second kappa shape index (κ2) is 13.7. The Bertz CT molecular complexity index is 2140. The molecule has 2 N–H and O–H groups in total. The minimum atomic E-state index is 0.276. The Hall–Kier alpha value is -5.88. The predicted molar refractivity (Wildman–Crippen MR) is 201 cm³/mol. The molecule has 6 aliphatic rings. The highest BCUT2D eigenvalue weighted by atomic mass is 16.5. The largest absolute Gasteiger partial charge is 0.508 e. The Morgan fingerprint density at radius 2 is 0.500 bits per heavy atom. The fraction of sp³-hybridized carbons (Fsp3) is 0.217. The first-order valence-corrected chi connectivity index (χ1v) is 18.1. The number of hydrogen-bond donors (Lipinski definition) is 2. The molecule has 6 aromatic rings. The van der Waals surface area contributed by atoms with Crippen LogP contribution in [0.4, 0.5) is 0 Å². The number of hydrogen-bond acceptors (Lipinski definition) is 6. The van der Waals surface area contributed by atoms with Gasteiger partial charge in [0, 0.05) is 0 Å². The van der Waals surface area contributed by atoms with Crippen LogP contribution in [0.2, 0.25) is 0 Å². The second-order valence-electron chi connectivity index (χ2n) is 14.1. The number of phenols is 2. The third-order valence-electron chi connectivity index (χ3n) is 10.6. The van der Waals surface area contributed by atoms with E-state index in [1.165, 1.54) is 55.6 Å². The van der Waals surface area contributed by atoms with Crippen LogP contribution in [0.5, 0.6) is 34.5 Å². The van der Waals surface area contributed by atoms with Gasteiger partial charge in [-0.1, -0.05) is 36.4 Å². The van der Waals surface area contributed by atoms with Crippen molar-refractivity contribution in [1.29, 1.82) is 0 Å². The van der Waals surface area contributed by atoms with Crippen molar-refractivity contribution in [2.75, 3.05) is 26.4 Å². The number of aromatic hydroxyl groups is 2. The van der Waals surface area contributed by atoms with Gasteiger partial charge in [-0.05, 0) is 178 Å². The third-order valence-corrected chi connectivity index (χ3v) is 10.6. The van der Waals surface area contributed by atoms with Gasteiger partial charge in [0.2, 0.25) is 0 Å². The fourth-order valence-corrected chi connectivity index (χ4v) is 7.88. The molecule has 0 radical (unpaired) electrons. The van der Waals surface area contributed by atoms with E-state index in [2.05, 4.69) is 60.7 Å². The lowest BCUT2D eigenvalue weighted by atomic mass is 9.94. The van der Waals surface area contributed by atoms with E-state index in [0.29, 0.717) is 26.4 Å². The molecule has 4 aliphatic heterocycles. The van der Waals surface area contributed by atoms with Crippen LogP contribution in [0.25, 0.3) is 0 Å². The molecule has 0 atom stereocenters. The fourth-order valence-electron chi connectivity index (χ4n) is 7.88. The Morgan fingerprint density at radius 3 is 0.769 bits per heavy atom. The average molecular weight is 689 g/mol. The summed E-state index contributed by atoms with van der Waals surface area (Å²) >= 11 is 0. The van der Waals surface area contributed by atoms with Gasteiger partial charge < -0.3 is 29.2 Å². The molecular weight excluding hydrogens is 649 g/mol. The Morgan fingerprint density at radius 1 is 0.269 bits per heavy atom. The highest BCUT2D eigenvalue weighted by Crippen LogP contribution is 2.34. The van der Waals surface area contributed by atoms with Gasteiger partial charge in [-0.3, -0.25) is 0 Å². The molecule has 0 amide bonds. The maximum atomic E-state index is 10.4. The molecule has 10 bridgehead atoms. The van der Waals surface area contributed by atoms with Crippen LogP contribution in [0.1, 0.15) is 66.8 Å². The highest BCUT2D eigenvalue weighted by Gasteiger charge is 2.19. The third kappa shape index (κ3) is 6.76. The smallest absolute Gasteiger partial charge is 0.122 e. The maximum Gasteiger partial charge on any atom is 0.122 e. The van der Waals surface area contributed by atoms with Crippen LogP contribution in [0, 0.1) is 0 Å².